The number of carboxylic acid groups (broad SMARTS) is 1. The van der Waals surface area contributed by atoms with Gasteiger partial charge >= 0.3 is 12.6 Å². The Morgan fingerprint density at radius 2 is 1.95 bits per heavy atom. The van der Waals surface area contributed by atoms with E-state index < -0.39 is 41.2 Å². The minimum atomic E-state index is -3.28. The van der Waals surface area contributed by atoms with Crippen molar-refractivity contribution in [3.8, 4) is 5.75 Å². The van der Waals surface area contributed by atoms with Gasteiger partial charge in [-0.15, -0.1) is 11.6 Å². The number of carbonyl (C=O) groups is 2. The Bertz CT molecular complexity index is 519. The molecule has 0 spiro atoms. The Kier molecular flexibility index (Phi) is 5.41. The van der Waals surface area contributed by atoms with Crippen LogP contribution in [0.4, 0.5) is 8.78 Å². The molecule has 0 saturated carbocycles. The van der Waals surface area contributed by atoms with Crippen LogP contribution in [0.15, 0.2) is 18.2 Å². The smallest absolute Gasteiger partial charge is 0.387 e. The van der Waals surface area contributed by atoms with Crippen molar-refractivity contribution in [2.75, 3.05) is 0 Å². The first-order chi connectivity index (χ1) is 9.25. The minimum Gasteiger partial charge on any atom is -0.479 e. The topological polar surface area (TPSA) is 83.8 Å². The van der Waals surface area contributed by atoms with Gasteiger partial charge in [-0.1, -0.05) is 12.1 Å². The molecule has 0 fully saturated rings. The summed E-state index contributed by atoms with van der Waals surface area (Å²) in [6, 6.07) is 3.48. The number of carboxylic acids is 1. The summed E-state index contributed by atoms with van der Waals surface area (Å²) in [7, 11) is 0. The van der Waals surface area contributed by atoms with Gasteiger partial charge in [0, 0.05) is 5.56 Å². The number of halogens is 3. The highest BCUT2D eigenvalue weighted by Crippen LogP contribution is 2.32. The molecule has 0 radical (unpaired) electrons. The third kappa shape index (κ3) is 3.64. The predicted molar refractivity (Wildman–Crippen MR) is 65.3 cm³/mol. The van der Waals surface area contributed by atoms with E-state index >= 15 is 0 Å². The zero-order valence-corrected chi connectivity index (χ0v) is 11.0. The van der Waals surface area contributed by atoms with Crippen LogP contribution in [0.5, 0.6) is 5.75 Å². The van der Waals surface area contributed by atoms with Crippen LogP contribution < -0.4 is 4.74 Å². The minimum absolute atomic E-state index is 0.314. The molecular formula is C12H11ClF2O5. The Morgan fingerprint density at radius 1 is 1.35 bits per heavy atom. The largest absolute Gasteiger partial charge is 0.479 e. The van der Waals surface area contributed by atoms with E-state index in [-0.39, 0.29) is 5.56 Å². The molecule has 1 aromatic rings. The van der Waals surface area contributed by atoms with E-state index in [1.54, 1.807) is 0 Å². The van der Waals surface area contributed by atoms with Crippen molar-refractivity contribution in [2.24, 2.45) is 0 Å². The van der Waals surface area contributed by atoms with Crippen LogP contribution in [-0.4, -0.2) is 34.0 Å². The third-order valence-electron chi connectivity index (χ3n) is 2.41. The number of carbonyl (C=O) groups excluding carboxylic acids is 1. The van der Waals surface area contributed by atoms with E-state index in [2.05, 4.69) is 4.74 Å². The Hall–Kier alpha value is -1.73. The fourth-order valence-electron chi connectivity index (χ4n) is 1.53. The van der Waals surface area contributed by atoms with Crippen LogP contribution in [0.3, 0.4) is 0 Å². The van der Waals surface area contributed by atoms with Gasteiger partial charge in [-0.25, -0.2) is 4.79 Å². The molecule has 1 aromatic carbocycles. The number of hydrogen-bond acceptors (Lipinski definition) is 4. The monoisotopic (exact) mass is 308 g/mol. The summed E-state index contributed by atoms with van der Waals surface area (Å²) >= 11 is 5.59. The summed E-state index contributed by atoms with van der Waals surface area (Å²) in [6.07, 6.45) is -2.10. The molecule has 0 heterocycles. The molecule has 0 aliphatic rings. The van der Waals surface area contributed by atoms with Gasteiger partial charge in [0.15, 0.2) is 11.9 Å². The fraction of sp³-hybridized carbons (Fsp3) is 0.333. The van der Waals surface area contributed by atoms with E-state index in [0.29, 0.717) is 0 Å². The van der Waals surface area contributed by atoms with E-state index in [0.717, 1.165) is 12.1 Å². The van der Waals surface area contributed by atoms with Gasteiger partial charge < -0.3 is 14.9 Å². The molecular weight excluding hydrogens is 298 g/mol. The first-order valence-corrected chi connectivity index (χ1v) is 5.86. The van der Waals surface area contributed by atoms with Crippen LogP contribution in [0.25, 0.3) is 0 Å². The number of hydrogen-bond donors (Lipinski definition) is 2. The highest BCUT2D eigenvalue weighted by atomic mass is 35.5. The Labute approximate surface area is 117 Å². The number of rotatable bonds is 6. The number of aliphatic hydroxyl groups excluding tert-OH is 1. The SMILES string of the molecule is CC(Cl)C(=O)c1cccc(C(O)C(=O)O)c1OC(F)F. The molecule has 8 heteroatoms. The maximum Gasteiger partial charge on any atom is 0.387 e. The molecule has 0 bridgehead atoms. The van der Waals surface area contributed by atoms with Gasteiger partial charge in [0.2, 0.25) is 0 Å². The zero-order valence-electron chi connectivity index (χ0n) is 10.2. The second-order valence-electron chi connectivity index (χ2n) is 3.82. The van der Waals surface area contributed by atoms with Crippen molar-refractivity contribution in [3.05, 3.63) is 29.3 Å². The normalized spacial score (nSPS) is 13.9. The van der Waals surface area contributed by atoms with Crippen molar-refractivity contribution in [1.29, 1.82) is 0 Å². The van der Waals surface area contributed by atoms with E-state index in [9.17, 15) is 23.5 Å². The quantitative estimate of drug-likeness (QED) is 0.622. The zero-order chi connectivity index (χ0) is 15.4. The maximum atomic E-state index is 12.4. The molecule has 2 atom stereocenters. The van der Waals surface area contributed by atoms with Crippen LogP contribution in [0, 0.1) is 0 Å². The number of alkyl halides is 3. The standard InChI is InChI=1S/C12H11ClF2O5/c1-5(13)8(16)6-3-2-4-7(9(17)11(18)19)10(6)20-12(14)15/h2-5,9,12,17H,1H3,(H,18,19). The average molecular weight is 309 g/mol. The summed E-state index contributed by atoms with van der Waals surface area (Å²) in [6.45, 7) is -1.95. The third-order valence-corrected chi connectivity index (χ3v) is 2.61. The molecule has 20 heavy (non-hydrogen) atoms. The Morgan fingerprint density at radius 3 is 2.40 bits per heavy atom. The number of aliphatic hydroxyl groups is 1. The summed E-state index contributed by atoms with van der Waals surface area (Å²) in [5, 5.41) is 17.2. The number of para-hydroxylation sites is 1. The Balaban J connectivity index is 3.41. The molecule has 0 saturated heterocycles. The first-order valence-electron chi connectivity index (χ1n) is 5.42. The molecule has 2 unspecified atom stereocenters. The molecule has 0 aromatic heterocycles. The van der Waals surface area contributed by atoms with Crippen molar-refractivity contribution in [3.63, 3.8) is 0 Å². The van der Waals surface area contributed by atoms with Gasteiger partial charge in [0.05, 0.1) is 10.9 Å². The van der Waals surface area contributed by atoms with E-state index in [1.807, 2.05) is 0 Å². The molecule has 0 aliphatic heterocycles. The lowest BCUT2D eigenvalue weighted by Crippen LogP contribution is -2.18. The van der Waals surface area contributed by atoms with Gasteiger partial charge in [0.1, 0.15) is 5.75 Å². The number of aliphatic carboxylic acids is 1. The van der Waals surface area contributed by atoms with Crippen LogP contribution >= 0.6 is 11.6 Å². The molecule has 5 nitrogen and oxygen atoms in total. The van der Waals surface area contributed by atoms with Crippen LogP contribution in [0.1, 0.15) is 28.9 Å². The summed E-state index contributed by atoms with van der Waals surface area (Å²) in [4.78, 5) is 22.6. The number of benzene rings is 1. The molecule has 110 valence electrons. The van der Waals surface area contributed by atoms with Gasteiger partial charge in [0.25, 0.3) is 0 Å². The molecule has 0 aliphatic carbocycles. The summed E-state index contributed by atoms with van der Waals surface area (Å²) in [5.74, 6) is -3.07. The van der Waals surface area contributed by atoms with E-state index in [1.165, 1.54) is 13.0 Å². The van der Waals surface area contributed by atoms with Crippen LogP contribution in [0.2, 0.25) is 0 Å². The average Bonchev–Trinajstić information content (AvgIpc) is 2.36. The molecule has 2 N–H and O–H groups in total. The second-order valence-corrected chi connectivity index (χ2v) is 4.48. The lowest BCUT2D eigenvalue weighted by Gasteiger charge is -2.16. The van der Waals surface area contributed by atoms with Gasteiger partial charge in [-0.3, -0.25) is 4.79 Å². The molecule has 1 rings (SSSR count). The molecule has 0 amide bonds. The first kappa shape index (κ1) is 16.3. The number of ketones is 1. The van der Waals surface area contributed by atoms with Crippen molar-refractivity contribution < 1.29 is 33.3 Å². The highest BCUT2D eigenvalue weighted by Gasteiger charge is 2.27. The fourth-order valence-corrected chi connectivity index (χ4v) is 1.65. The van der Waals surface area contributed by atoms with Gasteiger partial charge in [-0.2, -0.15) is 8.78 Å². The highest BCUT2D eigenvalue weighted by molar-refractivity contribution is 6.34. The lowest BCUT2D eigenvalue weighted by molar-refractivity contribution is -0.147. The maximum absolute atomic E-state index is 12.4. The van der Waals surface area contributed by atoms with E-state index in [4.69, 9.17) is 16.7 Å². The van der Waals surface area contributed by atoms with Crippen molar-refractivity contribution in [2.45, 2.75) is 25.0 Å². The number of Topliss-reactive ketones (excluding diaryl/α,β-unsaturated/α-hetero) is 1. The second kappa shape index (κ2) is 6.62. The van der Waals surface area contributed by atoms with Gasteiger partial charge in [-0.05, 0) is 13.0 Å². The van der Waals surface area contributed by atoms with Crippen LogP contribution in [-0.2, 0) is 4.79 Å². The lowest BCUT2D eigenvalue weighted by atomic mass is 10.00. The summed E-state index contributed by atoms with van der Waals surface area (Å²) in [5.41, 5.74) is -0.758. The number of ether oxygens (including phenoxy) is 1. The summed E-state index contributed by atoms with van der Waals surface area (Å²) < 4.78 is 29.0. The van der Waals surface area contributed by atoms with Crippen molar-refractivity contribution >= 4 is 23.4 Å². The van der Waals surface area contributed by atoms with Crippen molar-refractivity contribution in [1.82, 2.24) is 0 Å². The predicted octanol–water partition coefficient (Wildman–Crippen LogP) is 2.22.